The number of hydrogen-bond acceptors (Lipinski definition) is 4. The number of rotatable bonds is 2. The Labute approximate surface area is 85.7 Å². The molecular weight excluding hydrogens is 208 g/mol. The number of carbonyl (C=O) groups excluding carboxylic acids is 1. The number of carbonyl (C=O) groups is 1. The van der Waals surface area contributed by atoms with Crippen LogP contribution in [0.5, 0.6) is 17.2 Å². The highest BCUT2D eigenvalue weighted by Gasteiger charge is 2.19. The average Bonchev–Trinajstić information content (AvgIpc) is 2.11. The van der Waals surface area contributed by atoms with Crippen LogP contribution >= 0.6 is 11.6 Å². The maximum Gasteiger partial charge on any atom is 0.170 e. The molecule has 5 heteroatoms. The average molecular weight is 217 g/mol. The maximum absolute atomic E-state index is 11.1. The van der Waals surface area contributed by atoms with Crippen molar-refractivity contribution in [3.05, 3.63) is 16.7 Å². The molecule has 2 N–H and O–H groups in total. The van der Waals surface area contributed by atoms with E-state index in [0.717, 1.165) is 6.07 Å². The molecule has 0 radical (unpaired) electrons. The van der Waals surface area contributed by atoms with Gasteiger partial charge in [0.2, 0.25) is 0 Å². The molecule has 1 aromatic rings. The Morgan fingerprint density at radius 1 is 1.50 bits per heavy atom. The fraction of sp³-hybridized carbons (Fsp3) is 0.222. The van der Waals surface area contributed by atoms with E-state index >= 15 is 0 Å². The first-order chi connectivity index (χ1) is 6.49. The van der Waals surface area contributed by atoms with Crippen LogP contribution in [0.4, 0.5) is 0 Å². The van der Waals surface area contributed by atoms with E-state index in [2.05, 4.69) is 0 Å². The molecule has 4 nitrogen and oxygen atoms in total. The second-order valence-electron chi connectivity index (χ2n) is 2.69. The fourth-order valence-electron chi connectivity index (χ4n) is 1.09. The van der Waals surface area contributed by atoms with Crippen molar-refractivity contribution in [2.75, 3.05) is 7.11 Å². The molecule has 0 saturated carbocycles. The Morgan fingerprint density at radius 3 is 2.50 bits per heavy atom. The molecule has 0 aliphatic heterocycles. The molecule has 14 heavy (non-hydrogen) atoms. The minimum Gasteiger partial charge on any atom is -0.506 e. The quantitative estimate of drug-likeness (QED) is 0.586. The van der Waals surface area contributed by atoms with Crippen molar-refractivity contribution >= 4 is 17.4 Å². The largest absolute Gasteiger partial charge is 0.506 e. The fourth-order valence-corrected chi connectivity index (χ4v) is 1.37. The first-order valence-electron chi connectivity index (χ1n) is 3.78. The number of phenolic OH excluding ortho intramolecular Hbond substituents is 2. The third kappa shape index (κ3) is 1.61. The molecule has 0 aliphatic rings. The van der Waals surface area contributed by atoms with E-state index in [9.17, 15) is 15.0 Å². The summed E-state index contributed by atoms with van der Waals surface area (Å²) in [5.74, 6) is -1.09. The van der Waals surface area contributed by atoms with Gasteiger partial charge in [-0.2, -0.15) is 0 Å². The molecule has 0 spiro atoms. The van der Waals surface area contributed by atoms with Crippen LogP contribution in [0.15, 0.2) is 6.07 Å². The van der Waals surface area contributed by atoms with E-state index in [1.54, 1.807) is 0 Å². The van der Waals surface area contributed by atoms with Crippen LogP contribution in [0.25, 0.3) is 0 Å². The van der Waals surface area contributed by atoms with Gasteiger partial charge in [0, 0.05) is 6.07 Å². The Balaban J connectivity index is 3.53. The lowest BCUT2D eigenvalue weighted by molar-refractivity contribution is 0.101. The summed E-state index contributed by atoms with van der Waals surface area (Å²) in [5, 5.41) is 18.7. The summed E-state index contributed by atoms with van der Waals surface area (Å²) in [6, 6.07) is 1.14. The molecule has 0 fully saturated rings. The number of ketones is 1. The highest BCUT2D eigenvalue weighted by Crippen LogP contribution is 2.41. The predicted molar refractivity (Wildman–Crippen MR) is 51.3 cm³/mol. The van der Waals surface area contributed by atoms with E-state index in [4.69, 9.17) is 16.3 Å². The second kappa shape index (κ2) is 3.75. The summed E-state index contributed by atoms with van der Waals surface area (Å²) in [5.41, 5.74) is -0.136. The number of hydrogen-bond donors (Lipinski definition) is 2. The Hall–Kier alpha value is -1.42. The van der Waals surface area contributed by atoms with Crippen LogP contribution in [0, 0.1) is 0 Å². The normalized spacial score (nSPS) is 9.93. The lowest BCUT2D eigenvalue weighted by atomic mass is 10.1. The third-order valence-corrected chi connectivity index (χ3v) is 2.14. The number of aromatic hydroxyl groups is 2. The molecule has 0 amide bonds. The van der Waals surface area contributed by atoms with Gasteiger partial charge in [-0.15, -0.1) is 0 Å². The lowest BCUT2D eigenvalue weighted by Gasteiger charge is -2.09. The highest BCUT2D eigenvalue weighted by atomic mass is 35.5. The molecule has 0 unspecified atom stereocenters. The van der Waals surface area contributed by atoms with Gasteiger partial charge in [-0.1, -0.05) is 11.6 Å². The minimum absolute atomic E-state index is 0.0112. The standard InChI is InChI=1S/C9H9ClO4/c1-4(11)7-8(10)5(12)3-6(14-2)9(7)13/h3,12-13H,1-2H3. The number of methoxy groups -OCH3 is 1. The Bertz CT molecular complexity index is 387. The van der Waals surface area contributed by atoms with Gasteiger partial charge in [0.25, 0.3) is 0 Å². The van der Waals surface area contributed by atoms with Crippen molar-refractivity contribution in [3.63, 3.8) is 0 Å². The number of halogens is 1. The van der Waals surface area contributed by atoms with Crippen molar-refractivity contribution < 1.29 is 19.7 Å². The van der Waals surface area contributed by atoms with Crippen LogP contribution in [-0.2, 0) is 0 Å². The van der Waals surface area contributed by atoms with Crippen molar-refractivity contribution in [2.45, 2.75) is 6.92 Å². The summed E-state index contributed by atoms with van der Waals surface area (Å²) >= 11 is 5.64. The maximum atomic E-state index is 11.1. The molecule has 0 atom stereocenters. The monoisotopic (exact) mass is 216 g/mol. The van der Waals surface area contributed by atoms with Crippen LogP contribution in [0.3, 0.4) is 0 Å². The number of ether oxygens (including phenoxy) is 1. The first-order valence-corrected chi connectivity index (χ1v) is 4.16. The molecule has 0 bridgehead atoms. The van der Waals surface area contributed by atoms with Crippen LogP contribution in [0.1, 0.15) is 17.3 Å². The second-order valence-corrected chi connectivity index (χ2v) is 3.07. The van der Waals surface area contributed by atoms with Crippen LogP contribution in [0.2, 0.25) is 5.02 Å². The van der Waals surface area contributed by atoms with E-state index in [0.29, 0.717) is 0 Å². The highest BCUT2D eigenvalue weighted by molar-refractivity contribution is 6.35. The smallest absolute Gasteiger partial charge is 0.170 e. The van der Waals surface area contributed by atoms with Gasteiger partial charge in [0.05, 0.1) is 17.7 Å². The van der Waals surface area contributed by atoms with Crippen LogP contribution < -0.4 is 4.74 Å². The molecular formula is C9H9ClO4. The minimum atomic E-state index is -0.443. The Kier molecular flexibility index (Phi) is 2.86. The van der Waals surface area contributed by atoms with E-state index < -0.39 is 5.78 Å². The van der Waals surface area contributed by atoms with Gasteiger partial charge in [-0.3, -0.25) is 4.79 Å². The van der Waals surface area contributed by atoms with Gasteiger partial charge in [-0.25, -0.2) is 0 Å². The number of Topliss-reactive ketones (excluding diaryl/α,β-unsaturated/α-hetero) is 1. The molecule has 76 valence electrons. The molecule has 1 aromatic carbocycles. The zero-order valence-electron chi connectivity index (χ0n) is 7.67. The molecule has 1 rings (SSSR count). The van der Waals surface area contributed by atoms with E-state index in [-0.39, 0.29) is 27.8 Å². The van der Waals surface area contributed by atoms with Gasteiger partial charge in [0.15, 0.2) is 17.3 Å². The van der Waals surface area contributed by atoms with Crippen molar-refractivity contribution in [2.24, 2.45) is 0 Å². The summed E-state index contributed by atoms with van der Waals surface area (Å²) in [4.78, 5) is 11.1. The summed E-state index contributed by atoms with van der Waals surface area (Å²) < 4.78 is 4.75. The lowest BCUT2D eigenvalue weighted by Crippen LogP contribution is -1.97. The number of phenols is 2. The predicted octanol–water partition coefficient (Wildman–Crippen LogP) is 1.96. The molecule has 0 heterocycles. The third-order valence-electron chi connectivity index (χ3n) is 1.75. The first kappa shape index (κ1) is 10.7. The van der Waals surface area contributed by atoms with E-state index in [1.165, 1.54) is 14.0 Å². The Morgan fingerprint density at radius 2 is 2.07 bits per heavy atom. The SMILES string of the molecule is COc1cc(O)c(Cl)c(C(C)=O)c1O. The summed E-state index contributed by atoms with van der Waals surface area (Å²) in [6.45, 7) is 1.24. The van der Waals surface area contributed by atoms with Crippen molar-refractivity contribution in [1.82, 2.24) is 0 Å². The zero-order valence-corrected chi connectivity index (χ0v) is 8.42. The molecule has 0 saturated heterocycles. The van der Waals surface area contributed by atoms with Gasteiger partial charge >= 0.3 is 0 Å². The topological polar surface area (TPSA) is 66.8 Å². The summed E-state index contributed by atoms with van der Waals surface area (Å²) in [7, 11) is 1.31. The van der Waals surface area contributed by atoms with E-state index in [1.807, 2.05) is 0 Å². The number of benzene rings is 1. The van der Waals surface area contributed by atoms with Crippen LogP contribution in [-0.4, -0.2) is 23.1 Å². The molecule has 0 aromatic heterocycles. The van der Waals surface area contributed by atoms with Gasteiger partial charge in [-0.05, 0) is 6.92 Å². The van der Waals surface area contributed by atoms with Gasteiger partial charge < -0.3 is 14.9 Å². The zero-order chi connectivity index (χ0) is 10.9. The molecule has 0 aliphatic carbocycles. The van der Waals surface area contributed by atoms with Gasteiger partial charge in [0.1, 0.15) is 5.75 Å². The van der Waals surface area contributed by atoms with Crippen molar-refractivity contribution in [1.29, 1.82) is 0 Å². The summed E-state index contributed by atoms with van der Waals surface area (Å²) in [6.07, 6.45) is 0. The van der Waals surface area contributed by atoms with Crippen molar-refractivity contribution in [3.8, 4) is 17.2 Å².